The molecule has 1 aromatic rings. The lowest BCUT2D eigenvalue weighted by Gasteiger charge is -2.39. The molecule has 0 radical (unpaired) electrons. The number of rotatable bonds is 5. The van der Waals surface area contributed by atoms with Crippen molar-refractivity contribution < 1.29 is 4.79 Å². The molecule has 0 saturated carbocycles. The lowest BCUT2D eigenvalue weighted by Crippen LogP contribution is -2.46. The first kappa shape index (κ1) is 15.9. The molecule has 0 aromatic heterocycles. The van der Waals surface area contributed by atoms with Crippen LogP contribution in [0.25, 0.3) is 0 Å². The van der Waals surface area contributed by atoms with Crippen molar-refractivity contribution in [2.24, 2.45) is 5.41 Å². The Kier molecular flexibility index (Phi) is 4.92. The summed E-state index contributed by atoms with van der Waals surface area (Å²) in [5.41, 5.74) is 0.836. The second-order valence-electron chi connectivity index (χ2n) is 6.86. The third-order valence-corrected chi connectivity index (χ3v) is 4.19. The minimum absolute atomic E-state index is 0.204. The molecule has 0 bridgehead atoms. The van der Waals surface area contributed by atoms with Crippen LogP contribution in [0, 0.1) is 5.41 Å². The Labute approximate surface area is 117 Å². The maximum Gasteiger partial charge on any atom is 0.131 e. The number of benzene rings is 1. The first-order chi connectivity index (χ1) is 8.70. The maximum absolute atomic E-state index is 11.6. The van der Waals surface area contributed by atoms with Crippen molar-refractivity contribution in [1.29, 1.82) is 0 Å². The van der Waals surface area contributed by atoms with E-state index < -0.39 is 5.41 Å². The van der Waals surface area contributed by atoms with Crippen LogP contribution in [0.1, 0.15) is 40.2 Å². The molecule has 2 atom stereocenters. The predicted molar refractivity (Wildman–Crippen MR) is 81.4 cm³/mol. The molecule has 0 N–H and O–H groups in total. The molecule has 0 saturated heterocycles. The molecular weight excluding hydrogens is 234 g/mol. The molecule has 0 aliphatic carbocycles. The van der Waals surface area contributed by atoms with Crippen LogP contribution in [-0.4, -0.2) is 30.8 Å². The van der Waals surface area contributed by atoms with Crippen molar-refractivity contribution in [3.8, 4) is 0 Å². The first-order valence-electron chi connectivity index (χ1n) is 6.93. The number of carbonyl (C=O) groups excluding carboxylic acids is 1. The van der Waals surface area contributed by atoms with Gasteiger partial charge in [0, 0.05) is 12.6 Å². The summed E-state index contributed by atoms with van der Waals surface area (Å²) in [5, 5.41) is 0. The van der Waals surface area contributed by atoms with Gasteiger partial charge in [-0.1, -0.05) is 51.1 Å². The molecular formula is C17H27NO. The fourth-order valence-electron chi connectivity index (χ4n) is 2.33. The smallest absolute Gasteiger partial charge is 0.131 e. The van der Waals surface area contributed by atoms with Crippen LogP contribution < -0.4 is 0 Å². The summed E-state index contributed by atoms with van der Waals surface area (Å²) >= 11 is 0. The van der Waals surface area contributed by atoms with Crippen molar-refractivity contribution in [1.82, 2.24) is 4.90 Å². The van der Waals surface area contributed by atoms with Gasteiger partial charge in [-0.05, 0) is 31.9 Å². The van der Waals surface area contributed by atoms with Crippen molar-refractivity contribution in [3.05, 3.63) is 35.9 Å². The van der Waals surface area contributed by atoms with E-state index in [9.17, 15) is 4.79 Å². The number of hydrogen-bond donors (Lipinski definition) is 0. The molecule has 106 valence electrons. The SMILES string of the molecule is CC(N(C)CC(C)(C=O)c1ccccc1)C(C)(C)C. The summed E-state index contributed by atoms with van der Waals surface area (Å²) in [5.74, 6) is 0. The molecule has 0 fully saturated rings. The maximum atomic E-state index is 11.6. The second-order valence-corrected chi connectivity index (χ2v) is 6.86. The van der Waals surface area contributed by atoms with E-state index in [2.05, 4.69) is 39.6 Å². The summed E-state index contributed by atoms with van der Waals surface area (Å²) in [7, 11) is 2.10. The van der Waals surface area contributed by atoms with Crippen LogP contribution in [0.5, 0.6) is 0 Å². The normalized spacial score (nSPS) is 17.0. The van der Waals surface area contributed by atoms with Crippen LogP contribution in [0.2, 0.25) is 0 Å². The van der Waals surface area contributed by atoms with Crippen molar-refractivity contribution in [3.63, 3.8) is 0 Å². The molecule has 2 unspecified atom stereocenters. The summed E-state index contributed by atoms with van der Waals surface area (Å²) in [6, 6.07) is 10.4. The molecule has 1 aromatic carbocycles. The van der Waals surface area contributed by atoms with Crippen molar-refractivity contribution in [2.75, 3.05) is 13.6 Å². The topological polar surface area (TPSA) is 20.3 Å². The molecule has 2 heteroatoms. The standard InChI is InChI=1S/C17H27NO/c1-14(16(2,3)4)18(6)12-17(5,13-19)15-10-8-7-9-11-15/h7-11,13-14H,12H2,1-6H3. The van der Waals surface area contributed by atoms with Gasteiger partial charge in [0.05, 0.1) is 5.41 Å². The quantitative estimate of drug-likeness (QED) is 0.756. The minimum Gasteiger partial charge on any atom is -0.302 e. The molecule has 0 heterocycles. The number of likely N-dealkylation sites (N-methyl/N-ethyl adjacent to an activating group) is 1. The average Bonchev–Trinajstić information content (AvgIpc) is 2.37. The van der Waals surface area contributed by atoms with Gasteiger partial charge in [-0.15, -0.1) is 0 Å². The Morgan fingerprint density at radius 1 is 1.16 bits per heavy atom. The summed E-state index contributed by atoms with van der Waals surface area (Å²) in [4.78, 5) is 13.9. The Bertz CT molecular complexity index is 407. The third-order valence-electron chi connectivity index (χ3n) is 4.19. The van der Waals surface area contributed by atoms with E-state index in [0.717, 1.165) is 18.4 Å². The van der Waals surface area contributed by atoms with E-state index >= 15 is 0 Å². The number of aldehydes is 1. The average molecular weight is 261 g/mol. The molecule has 0 aliphatic heterocycles. The molecule has 19 heavy (non-hydrogen) atoms. The van der Waals surface area contributed by atoms with Crippen LogP contribution in [0.15, 0.2) is 30.3 Å². The highest BCUT2D eigenvalue weighted by molar-refractivity contribution is 5.68. The zero-order valence-electron chi connectivity index (χ0n) is 13.1. The van der Waals surface area contributed by atoms with Gasteiger partial charge in [0.1, 0.15) is 6.29 Å². The van der Waals surface area contributed by atoms with Gasteiger partial charge in [-0.3, -0.25) is 0 Å². The zero-order chi connectivity index (χ0) is 14.7. The van der Waals surface area contributed by atoms with Crippen LogP contribution in [0.3, 0.4) is 0 Å². The third kappa shape index (κ3) is 3.90. The van der Waals surface area contributed by atoms with Gasteiger partial charge in [-0.25, -0.2) is 0 Å². The highest BCUT2D eigenvalue weighted by Crippen LogP contribution is 2.28. The second kappa shape index (κ2) is 5.87. The Morgan fingerprint density at radius 3 is 2.11 bits per heavy atom. The van der Waals surface area contributed by atoms with E-state index in [0.29, 0.717) is 6.04 Å². The fourth-order valence-corrected chi connectivity index (χ4v) is 2.33. The molecule has 1 rings (SSSR count). The Morgan fingerprint density at radius 2 is 1.68 bits per heavy atom. The van der Waals surface area contributed by atoms with E-state index in [4.69, 9.17) is 0 Å². The largest absolute Gasteiger partial charge is 0.302 e. The molecule has 0 amide bonds. The van der Waals surface area contributed by atoms with Crippen LogP contribution in [0.4, 0.5) is 0 Å². The Hall–Kier alpha value is -1.15. The van der Waals surface area contributed by atoms with Gasteiger partial charge < -0.3 is 9.69 Å². The fraction of sp³-hybridized carbons (Fsp3) is 0.588. The summed E-state index contributed by atoms with van der Waals surface area (Å²) < 4.78 is 0. The van der Waals surface area contributed by atoms with E-state index in [1.165, 1.54) is 0 Å². The number of carbonyl (C=O) groups is 1. The van der Waals surface area contributed by atoms with Gasteiger partial charge in [0.15, 0.2) is 0 Å². The lowest BCUT2D eigenvalue weighted by molar-refractivity contribution is -0.113. The van der Waals surface area contributed by atoms with E-state index in [1.54, 1.807) is 0 Å². The molecule has 0 aliphatic rings. The van der Waals surface area contributed by atoms with Crippen LogP contribution >= 0.6 is 0 Å². The zero-order valence-corrected chi connectivity index (χ0v) is 13.1. The van der Waals surface area contributed by atoms with Crippen molar-refractivity contribution in [2.45, 2.75) is 46.1 Å². The highest BCUT2D eigenvalue weighted by atomic mass is 16.1. The van der Waals surface area contributed by atoms with Gasteiger partial charge in [-0.2, -0.15) is 0 Å². The van der Waals surface area contributed by atoms with Gasteiger partial charge >= 0.3 is 0 Å². The van der Waals surface area contributed by atoms with Gasteiger partial charge in [0.25, 0.3) is 0 Å². The Balaban J connectivity index is 2.91. The summed E-state index contributed by atoms with van der Waals surface area (Å²) in [6.45, 7) is 11.7. The predicted octanol–water partition coefficient (Wildman–Crippen LogP) is 3.51. The number of hydrogen-bond acceptors (Lipinski definition) is 2. The monoisotopic (exact) mass is 261 g/mol. The minimum atomic E-state index is -0.449. The number of nitrogens with zero attached hydrogens (tertiary/aromatic N) is 1. The van der Waals surface area contributed by atoms with Crippen LogP contribution in [-0.2, 0) is 10.2 Å². The lowest BCUT2D eigenvalue weighted by atomic mass is 9.81. The first-order valence-corrected chi connectivity index (χ1v) is 6.93. The van der Waals surface area contributed by atoms with E-state index in [-0.39, 0.29) is 5.41 Å². The summed E-state index contributed by atoms with van der Waals surface area (Å²) in [6.07, 6.45) is 1.08. The van der Waals surface area contributed by atoms with Crippen molar-refractivity contribution >= 4 is 6.29 Å². The highest BCUT2D eigenvalue weighted by Gasteiger charge is 2.32. The van der Waals surface area contributed by atoms with E-state index in [1.807, 2.05) is 37.3 Å². The van der Waals surface area contributed by atoms with Gasteiger partial charge in [0.2, 0.25) is 0 Å². The molecule has 2 nitrogen and oxygen atoms in total. The molecule has 0 spiro atoms.